The number of anilines is 1. The fraction of sp³-hybridized carbons (Fsp3) is 0.698. The molecule has 6 atom stereocenters. The van der Waals surface area contributed by atoms with Crippen LogP contribution in [0.5, 0.6) is 0 Å². The van der Waals surface area contributed by atoms with Gasteiger partial charge >= 0.3 is 7.82 Å². The Labute approximate surface area is 354 Å². The van der Waals surface area contributed by atoms with Gasteiger partial charge in [0.15, 0.2) is 11.6 Å². The summed E-state index contributed by atoms with van der Waals surface area (Å²) in [5, 5.41) is 24.1. The maximum atomic E-state index is 13.4. The summed E-state index contributed by atoms with van der Waals surface area (Å²) < 4.78 is 56.4. The number of ether oxygens (including phenoxy) is 5. The molecule has 2 aliphatic rings. The summed E-state index contributed by atoms with van der Waals surface area (Å²) in [6, 6.07) is 12.6. The Kier molecular flexibility index (Phi) is 18.7. The SMILES string of the molecule is CCCCCCCCCCCCCCCCCCOC[C@H](COP(=O)(O)OC[C@@]1(C#N)OC(c2ccc3c(N)ncnn23)[C@@H]2OC(C)(C)O[C@@H]21)OCc1cccc(C#N)n1. The maximum absolute atomic E-state index is 13.4. The van der Waals surface area contributed by atoms with Crippen molar-refractivity contribution in [2.45, 2.75) is 166 Å². The van der Waals surface area contributed by atoms with Crippen molar-refractivity contribution in [2.75, 3.05) is 32.2 Å². The molecule has 5 heterocycles. The quantitative estimate of drug-likeness (QED) is 0.0494. The molecule has 5 rings (SSSR count). The average molecular weight is 854 g/mol. The van der Waals surface area contributed by atoms with E-state index < -0.39 is 50.2 Å². The van der Waals surface area contributed by atoms with Crippen molar-refractivity contribution >= 4 is 19.2 Å². The molecule has 3 N–H and O–H groups in total. The molecule has 0 aromatic carbocycles. The van der Waals surface area contributed by atoms with Gasteiger partial charge in [0.05, 0.1) is 31.2 Å². The lowest BCUT2D eigenvalue weighted by molar-refractivity contribution is -0.204. The van der Waals surface area contributed by atoms with E-state index in [2.05, 4.69) is 28.1 Å². The highest BCUT2D eigenvalue weighted by Gasteiger charge is 2.65. The number of fused-ring (bicyclic) bond motifs is 2. The third kappa shape index (κ3) is 14.0. The summed E-state index contributed by atoms with van der Waals surface area (Å²) in [6.07, 6.45) is 18.3. The molecule has 2 aliphatic heterocycles. The summed E-state index contributed by atoms with van der Waals surface area (Å²) in [7, 11) is -4.80. The average Bonchev–Trinajstić information content (AvgIpc) is 3.90. The zero-order valence-corrected chi connectivity index (χ0v) is 36.4. The van der Waals surface area contributed by atoms with Gasteiger partial charge in [-0.25, -0.2) is 19.0 Å². The van der Waals surface area contributed by atoms with Crippen LogP contribution in [0.2, 0.25) is 0 Å². The van der Waals surface area contributed by atoms with Crippen molar-refractivity contribution in [3.63, 3.8) is 0 Å². The van der Waals surface area contributed by atoms with Crippen LogP contribution < -0.4 is 5.73 Å². The lowest BCUT2D eigenvalue weighted by Gasteiger charge is -2.29. The number of nitrogens with zero attached hydrogens (tertiary/aromatic N) is 6. The molecule has 3 aromatic heterocycles. The highest BCUT2D eigenvalue weighted by Crippen LogP contribution is 2.52. The number of rotatable bonds is 29. The number of nitriles is 2. The molecule has 0 amide bonds. The molecular formula is C43H64N7O9P. The molecule has 16 nitrogen and oxygen atoms in total. The molecule has 60 heavy (non-hydrogen) atoms. The Morgan fingerprint density at radius 1 is 0.900 bits per heavy atom. The minimum Gasteiger partial charge on any atom is -0.382 e. The first-order valence-corrected chi connectivity index (χ1v) is 23.2. The molecule has 2 fully saturated rings. The molecule has 2 unspecified atom stereocenters. The maximum Gasteiger partial charge on any atom is 0.472 e. The second kappa shape index (κ2) is 23.6. The Balaban J connectivity index is 1.07. The number of pyridine rings is 1. The summed E-state index contributed by atoms with van der Waals surface area (Å²) in [5.41, 5.74) is 5.98. The fourth-order valence-electron chi connectivity index (χ4n) is 7.72. The minimum atomic E-state index is -4.80. The highest BCUT2D eigenvalue weighted by atomic mass is 31.2. The molecular weight excluding hydrogens is 789 g/mol. The number of phosphoric acid groups is 1. The third-order valence-electron chi connectivity index (χ3n) is 10.9. The lowest BCUT2D eigenvalue weighted by atomic mass is 9.96. The van der Waals surface area contributed by atoms with E-state index >= 15 is 0 Å². The number of hydrogen-bond donors (Lipinski definition) is 2. The van der Waals surface area contributed by atoms with Crippen LogP contribution in [-0.4, -0.2) is 80.6 Å². The number of hydrogen-bond acceptors (Lipinski definition) is 14. The third-order valence-corrected chi connectivity index (χ3v) is 11.8. The Morgan fingerprint density at radius 2 is 1.57 bits per heavy atom. The van der Waals surface area contributed by atoms with Crippen molar-refractivity contribution in [1.29, 1.82) is 10.5 Å². The zero-order valence-electron chi connectivity index (χ0n) is 35.5. The highest BCUT2D eigenvalue weighted by molar-refractivity contribution is 7.47. The molecule has 2 saturated heterocycles. The van der Waals surface area contributed by atoms with Crippen LogP contribution in [0, 0.1) is 22.7 Å². The minimum absolute atomic E-state index is 0.0104. The van der Waals surface area contributed by atoms with E-state index in [-0.39, 0.29) is 31.3 Å². The summed E-state index contributed by atoms with van der Waals surface area (Å²) in [5.74, 6) is -0.846. The van der Waals surface area contributed by atoms with Gasteiger partial charge in [0.25, 0.3) is 0 Å². The predicted octanol–water partition coefficient (Wildman–Crippen LogP) is 8.43. The van der Waals surface area contributed by atoms with Crippen LogP contribution >= 0.6 is 7.82 Å². The number of nitrogens with two attached hydrogens (primary N) is 1. The van der Waals surface area contributed by atoms with E-state index in [1.807, 2.05) is 6.07 Å². The summed E-state index contributed by atoms with van der Waals surface area (Å²) >= 11 is 0. The summed E-state index contributed by atoms with van der Waals surface area (Å²) in [4.78, 5) is 19.2. The molecule has 3 aromatic rings. The van der Waals surface area contributed by atoms with Gasteiger partial charge in [-0.1, -0.05) is 109 Å². The predicted molar refractivity (Wildman–Crippen MR) is 223 cm³/mol. The monoisotopic (exact) mass is 853 g/mol. The number of unbranched alkanes of at least 4 members (excludes halogenated alkanes) is 15. The Bertz CT molecular complexity index is 1900. The van der Waals surface area contributed by atoms with Crippen molar-refractivity contribution in [3.8, 4) is 12.1 Å². The second-order valence-corrected chi connectivity index (χ2v) is 17.7. The van der Waals surface area contributed by atoms with Gasteiger partial charge in [-0.3, -0.25) is 9.05 Å². The van der Waals surface area contributed by atoms with Crippen molar-refractivity contribution in [2.24, 2.45) is 0 Å². The second-order valence-electron chi connectivity index (χ2n) is 16.2. The Hall–Kier alpha value is -3.54. The van der Waals surface area contributed by atoms with Gasteiger partial charge < -0.3 is 34.3 Å². The normalized spacial score (nSPS) is 22.3. The van der Waals surface area contributed by atoms with Gasteiger partial charge in [-0.2, -0.15) is 15.6 Å². The van der Waals surface area contributed by atoms with Crippen LogP contribution in [0.25, 0.3) is 5.52 Å². The molecule has 17 heteroatoms. The number of aromatic nitrogens is 4. The van der Waals surface area contributed by atoms with E-state index in [9.17, 15) is 20.0 Å². The first-order valence-electron chi connectivity index (χ1n) is 21.7. The van der Waals surface area contributed by atoms with Gasteiger partial charge in [0.1, 0.15) is 60.7 Å². The van der Waals surface area contributed by atoms with Crippen molar-refractivity contribution in [1.82, 2.24) is 19.6 Å². The first kappa shape index (κ1) is 47.5. The molecule has 0 aliphatic carbocycles. The standard InChI is InChI=1S/C43H64N7O9P/c1-4-5-6-7-8-9-10-11-12-13-14-15-16-17-18-19-25-53-28-35(54-27-34-22-20-21-33(26-44)49-34)29-55-60(51,52)56-31-43(30-45)40-39(57-42(2,3)59-40)38(58-43)36-23-24-37-41(46)47-32-48-50(36)37/h20-24,32,35,38-40H,4-19,25,27-29,31H2,1-3H3,(H,51,52)(H2,46,47,48)/t35-,38?,39+,40+,43-/m1/s1. The Morgan fingerprint density at radius 3 is 2.22 bits per heavy atom. The van der Waals surface area contributed by atoms with E-state index in [4.69, 9.17) is 38.5 Å². The van der Waals surface area contributed by atoms with Crippen molar-refractivity contribution < 1.29 is 42.2 Å². The van der Waals surface area contributed by atoms with Gasteiger partial charge in [-0.05, 0) is 44.5 Å². The molecule has 0 radical (unpaired) electrons. The van der Waals surface area contributed by atoms with Crippen LogP contribution in [-0.2, 0) is 43.9 Å². The molecule has 330 valence electrons. The lowest BCUT2D eigenvalue weighted by Crippen LogP contribution is -2.45. The topological polar surface area (TPSA) is 219 Å². The van der Waals surface area contributed by atoms with Gasteiger partial charge in [0, 0.05) is 6.61 Å². The molecule has 0 spiro atoms. The van der Waals surface area contributed by atoms with Crippen LogP contribution in [0.3, 0.4) is 0 Å². The van der Waals surface area contributed by atoms with Crippen molar-refractivity contribution in [3.05, 3.63) is 53.7 Å². The number of nitrogen functional groups attached to an aromatic ring is 1. The van der Waals surface area contributed by atoms with Gasteiger partial charge in [0.2, 0.25) is 5.60 Å². The van der Waals surface area contributed by atoms with Crippen LogP contribution in [0.1, 0.15) is 147 Å². The van der Waals surface area contributed by atoms with E-state index in [1.165, 1.54) is 89.8 Å². The molecule has 0 bridgehead atoms. The smallest absolute Gasteiger partial charge is 0.382 e. The van der Waals surface area contributed by atoms with Gasteiger partial charge in [-0.15, -0.1) is 0 Å². The van der Waals surface area contributed by atoms with E-state index in [1.54, 1.807) is 48.7 Å². The largest absolute Gasteiger partial charge is 0.472 e. The summed E-state index contributed by atoms with van der Waals surface area (Å²) in [6.45, 7) is 5.20. The van der Waals surface area contributed by atoms with E-state index in [0.29, 0.717) is 23.5 Å². The number of phosphoric ester groups is 1. The van der Waals surface area contributed by atoms with E-state index in [0.717, 1.165) is 19.3 Å². The van der Waals surface area contributed by atoms with Crippen LogP contribution in [0.4, 0.5) is 5.82 Å². The molecule has 0 saturated carbocycles. The van der Waals surface area contributed by atoms with Crippen LogP contribution in [0.15, 0.2) is 36.7 Å². The zero-order chi connectivity index (χ0) is 42.9. The first-order chi connectivity index (χ1) is 29.0. The fourth-order valence-corrected chi connectivity index (χ4v) is 8.50.